The van der Waals surface area contributed by atoms with E-state index in [0.717, 1.165) is 4.90 Å². The van der Waals surface area contributed by atoms with Gasteiger partial charge in [-0.05, 0) is 36.9 Å². The highest BCUT2D eigenvalue weighted by atomic mass is 32.2. The molecule has 4 heteroatoms. The SMILES string of the molecule is CSc1ccc(C(=O)COc2ccc(C)c(F)c2)cc1. The van der Waals surface area contributed by atoms with Crippen molar-refractivity contribution in [3.05, 3.63) is 59.4 Å². The number of ether oxygens (including phenoxy) is 1. The number of Topliss-reactive ketones (excluding diaryl/α,β-unsaturated/α-hetero) is 1. The summed E-state index contributed by atoms with van der Waals surface area (Å²) in [6, 6.07) is 11.9. The molecule has 0 saturated heterocycles. The Morgan fingerprint density at radius 1 is 1.20 bits per heavy atom. The van der Waals surface area contributed by atoms with Gasteiger partial charge in [0.1, 0.15) is 11.6 Å². The van der Waals surface area contributed by atoms with Crippen molar-refractivity contribution in [3.63, 3.8) is 0 Å². The summed E-state index contributed by atoms with van der Waals surface area (Å²) >= 11 is 1.62. The summed E-state index contributed by atoms with van der Waals surface area (Å²) in [7, 11) is 0. The largest absolute Gasteiger partial charge is 0.485 e. The maximum atomic E-state index is 13.3. The summed E-state index contributed by atoms with van der Waals surface area (Å²) in [5.41, 5.74) is 1.15. The Labute approximate surface area is 122 Å². The van der Waals surface area contributed by atoms with Gasteiger partial charge in [0.15, 0.2) is 12.4 Å². The molecule has 2 aromatic rings. The zero-order chi connectivity index (χ0) is 14.5. The highest BCUT2D eigenvalue weighted by Crippen LogP contribution is 2.17. The highest BCUT2D eigenvalue weighted by molar-refractivity contribution is 7.98. The maximum absolute atomic E-state index is 13.3. The molecule has 0 heterocycles. The van der Waals surface area contributed by atoms with Gasteiger partial charge in [0.05, 0.1) is 0 Å². The number of carbonyl (C=O) groups is 1. The lowest BCUT2D eigenvalue weighted by Gasteiger charge is -2.07. The van der Waals surface area contributed by atoms with Crippen LogP contribution in [0.5, 0.6) is 5.75 Å². The Morgan fingerprint density at radius 2 is 1.90 bits per heavy atom. The van der Waals surface area contributed by atoms with Crippen LogP contribution in [0.1, 0.15) is 15.9 Å². The summed E-state index contributed by atoms with van der Waals surface area (Å²) in [4.78, 5) is 13.0. The van der Waals surface area contributed by atoms with Crippen LogP contribution in [0.4, 0.5) is 4.39 Å². The molecule has 0 saturated carbocycles. The Balaban J connectivity index is 1.98. The minimum Gasteiger partial charge on any atom is -0.485 e. The predicted molar refractivity (Wildman–Crippen MR) is 79.2 cm³/mol. The monoisotopic (exact) mass is 290 g/mol. The molecule has 2 rings (SSSR count). The zero-order valence-corrected chi connectivity index (χ0v) is 12.2. The third-order valence-electron chi connectivity index (χ3n) is 2.93. The molecule has 0 aliphatic heterocycles. The molecule has 0 aliphatic carbocycles. The molecule has 0 spiro atoms. The normalized spacial score (nSPS) is 10.3. The van der Waals surface area contributed by atoms with Crippen molar-refractivity contribution < 1.29 is 13.9 Å². The van der Waals surface area contributed by atoms with E-state index < -0.39 is 0 Å². The summed E-state index contributed by atoms with van der Waals surface area (Å²) in [6.45, 7) is 1.58. The summed E-state index contributed by atoms with van der Waals surface area (Å²) in [6.07, 6.45) is 1.98. The summed E-state index contributed by atoms with van der Waals surface area (Å²) in [5, 5.41) is 0. The number of hydrogen-bond acceptors (Lipinski definition) is 3. The van der Waals surface area contributed by atoms with Crippen LogP contribution in [-0.2, 0) is 0 Å². The first-order valence-electron chi connectivity index (χ1n) is 6.16. The third kappa shape index (κ3) is 3.61. The average molecular weight is 290 g/mol. The molecule has 2 nitrogen and oxygen atoms in total. The quantitative estimate of drug-likeness (QED) is 0.612. The van der Waals surface area contributed by atoms with E-state index in [-0.39, 0.29) is 18.2 Å². The Kier molecular flexibility index (Phi) is 4.79. The standard InChI is InChI=1S/C16H15FO2S/c1-11-3-6-13(9-15(11)17)19-10-16(18)12-4-7-14(20-2)8-5-12/h3-9H,10H2,1-2H3. The van der Waals surface area contributed by atoms with Gasteiger partial charge in [-0.1, -0.05) is 18.2 Å². The second-order valence-corrected chi connectivity index (χ2v) is 5.23. The Morgan fingerprint density at radius 3 is 2.50 bits per heavy atom. The molecule has 0 aromatic heterocycles. The summed E-state index contributed by atoms with van der Waals surface area (Å²) in [5.74, 6) is -0.0971. The fraction of sp³-hybridized carbons (Fsp3) is 0.188. The fourth-order valence-electron chi connectivity index (χ4n) is 1.67. The highest BCUT2D eigenvalue weighted by Gasteiger charge is 2.08. The van der Waals surface area contributed by atoms with Crippen molar-refractivity contribution in [1.82, 2.24) is 0 Å². The second-order valence-electron chi connectivity index (χ2n) is 4.35. The predicted octanol–water partition coefficient (Wildman–Crippen LogP) is 4.12. The Hall–Kier alpha value is -1.81. The van der Waals surface area contributed by atoms with Gasteiger partial charge < -0.3 is 4.74 Å². The van der Waals surface area contributed by atoms with Crippen LogP contribution in [0.25, 0.3) is 0 Å². The van der Waals surface area contributed by atoms with E-state index >= 15 is 0 Å². The topological polar surface area (TPSA) is 26.3 Å². The van der Waals surface area contributed by atoms with Gasteiger partial charge in [0, 0.05) is 16.5 Å². The van der Waals surface area contributed by atoms with Crippen LogP contribution in [0.15, 0.2) is 47.4 Å². The number of rotatable bonds is 5. The van der Waals surface area contributed by atoms with Gasteiger partial charge in [-0.25, -0.2) is 4.39 Å². The number of benzene rings is 2. The molecule has 20 heavy (non-hydrogen) atoms. The number of hydrogen-bond donors (Lipinski definition) is 0. The van der Waals surface area contributed by atoms with Crippen molar-refractivity contribution >= 4 is 17.5 Å². The lowest BCUT2D eigenvalue weighted by Crippen LogP contribution is -2.11. The lowest BCUT2D eigenvalue weighted by molar-refractivity contribution is 0.0921. The Bertz CT molecular complexity index is 608. The van der Waals surface area contributed by atoms with Gasteiger partial charge in [-0.15, -0.1) is 11.8 Å². The molecular formula is C16H15FO2S. The van der Waals surface area contributed by atoms with E-state index in [1.165, 1.54) is 6.07 Å². The van der Waals surface area contributed by atoms with E-state index in [0.29, 0.717) is 16.9 Å². The molecule has 0 N–H and O–H groups in total. The van der Waals surface area contributed by atoms with Crippen molar-refractivity contribution in [3.8, 4) is 5.75 Å². The van der Waals surface area contributed by atoms with Gasteiger partial charge in [0.25, 0.3) is 0 Å². The third-order valence-corrected chi connectivity index (χ3v) is 3.67. The first-order valence-corrected chi connectivity index (χ1v) is 7.39. The number of ketones is 1. The van der Waals surface area contributed by atoms with Crippen LogP contribution in [0.2, 0.25) is 0 Å². The molecule has 0 bridgehead atoms. The van der Waals surface area contributed by atoms with Crippen molar-refractivity contribution in [2.45, 2.75) is 11.8 Å². The number of halogens is 1. The first-order chi connectivity index (χ1) is 9.60. The van der Waals surface area contributed by atoms with Crippen LogP contribution < -0.4 is 4.74 Å². The van der Waals surface area contributed by atoms with Crippen LogP contribution in [0, 0.1) is 12.7 Å². The van der Waals surface area contributed by atoms with Gasteiger partial charge in [0.2, 0.25) is 0 Å². The van der Waals surface area contributed by atoms with Crippen LogP contribution in [0.3, 0.4) is 0 Å². The molecule has 0 fully saturated rings. The summed E-state index contributed by atoms with van der Waals surface area (Å²) < 4.78 is 18.7. The van der Waals surface area contributed by atoms with Crippen LogP contribution in [-0.4, -0.2) is 18.6 Å². The van der Waals surface area contributed by atoms with Gasteiger partial charge in [-0.3, -0.25) is 4.79 Å². The molecular weight excluding hydrogens is 275 g/mol. The molecule has 0 unspecified atom stereocenters. The number of thioether (sulfide) groups is 1. The maximum Gasteiger partial charge on any atom is 0.200 e. The van der Waals surface area contributed by atoms with E-state index in [2.05, 4.69) is 0 Å². The van der Waals surface area contributed by atoms with Gasteiger partial charge in [-0.2, -0.15) is 0 Å². The van der Waals surface area contributed by atoms with E-state index in [1.807, 2.05) is 18.4 Å². The molecule has 0 amide bonds. The lowest BCUT2D eigenvalue weighted by atomic mass is 10.1. The smallest absolute Gasteiger partial charge is 0.200 e. The van der Waals surface area contributed by atoms with E-state index in [1.54, 1.807) is 43.0 Å². The van der Waals surface area contributed by atoms with E-state index in [9.17, 15) is 9.18 Å². The molecule has 2 aromatic carbocycles. The van der Waals surface area contributed by atoms with Crippen molar-refractivity contribution in [2.75, 3.05) is 12.9 Å². The molecule has 0 aliphatic rings. The molecule has 104 valence electrons. The zero-order valence-electron chi connectivity index (χ0n) is 11.4. The molecule has 0 atom stereocenters. The average Bonchev–Trinajstić information content (AvgIpc) is 2.48. The minimum atomic E-state index is -0.334. The van der Waals surface area contributed by atoms with E-state index in [4.69, 9.17) is 4.74 Å². The van der Waals surface area contributed by atoms with Crippen LogP contribution >= 0.6 is 11.8 Å². The fourth-order valence-corrected chi connectivity index (χ4v) is 2.08. The number of aryl methyl sites for hydroxylation is 1. The first kappa shape index (κ1) is 14.6. The van der Waals surface area contributed by atoms with Crippen molar-refractivity contribution in [2.24, 2.45) is 0 Å². The second kappa shape index (κ2) is 6.57. The van der Waals surface area contributed by atoms with Gasteiger partial charge >= 0.3 is 0 Å². The molecule has 0 radical (unpaired) electrons. The minimum absolute atomic E-state index is 0.0961. The number of carbonyl (C=O) groups excluding carboxylic acids is 1. The van der Waals surface area contributed by atoms with Crippen molar-refractivity contribution in [1.29, 1.82) is 0 Å².